The average Bonchev–Trinajstić information content (AvgIpc) is 2.85. The van der Waals surface area contributed by atoms with Crippen LogP contribution in [0.15, 0.2) is 36.4 Å². The molecule has 2 rings (SSSR count). The van der Waals surface area contributed by atoms with E-state index < -0.39 is 30.8 Å². The summed E-state index contributed by atoms with van der Waals surface area (Å²) in [6, 6.07) is 10.6. The van der Waals surface area contributed by atoms with Crippen molar-refractivity contribution >= 4 is 12.1 Å². The Hall–Kier alpha value is -3.27. The Balaban J connectivity index is 1.98. The lowest BCUT2D eigenvalue weighted by Crippen LogP contribution is -2.37. The van der Waals surface area contributed by atoms with Crippen molar-refractivity contribution in [1.29, 1.82) is 0 Å². The lowest BCUT2D eigenvalue weighted by Gasteiger charge is -2.23. The minimum absolute atomic E-state index is 0.00245. The molecule has 0 aliphatic rings. The Bertz CT molecular complexity index is 1070. The van der Waals surface area contributed by atoms with Gasteiger partial charge in [-0.25, -0.2) is 9.59 Å². The van der Waals surface area contributed by atoms with Crippen LogP contribution in [0.25, 0.3) is 0 Å². The third kappa shape index (κ3) is 11.6. The minimum atomic E-state index is -4.19. The molecule has 7 nitrogen and oxygen atoms in total. The second-order valence-corrected chi connectivity index (χ2v) is 9.46. The summed E-state index contributed by atoms with van der Waals surface area (Å²) in [4.78, 5) is 25.7. The summed E-state index contributed by atoms with van der Waals surface area (Å²) < 4.78 is 54.0. The van der Waals surface area contributed by atoms with E-state index in [1.165, 1.54) is 4.90 Å². The highest BCUT2D eigenvalue weighted by atomic mass is 19.4. The zero-order valence-corrected chi connectivity index (χ0v) is 23.0. The average molecular weight is 554 g/mol. The minimum Gasteiger partial charge on any atom is -0.492 e. The molecule has 1 atom stereocenters. The number of nitrogens with zero attached hydrogens (tertiary/aromatic N) is 1. The lowest BCUT2D eigenvalue weighted by atomic mass is 10.1. The summed E-state index contributed by atoms with van der Waals surface area (Å²) in [5, 5.41) is 9.25. The highest BCUT2D eigenvalue weighted by Gasteiger charge is 2.26. The fourth-order valence-corrected chi connectivity index (χ4v) is 3.93. The number of carbonyl (C=O) groups is 2. The van der Waals surface area contributed by atoms with Gasteiger partial charge >= 0.3 is 18.2 Å². The quantitative estimate of drug-likeness (QED) is 0.249. The standard InChI is InChI=1S/C29H38F3NO6/c1-5-37-26(27(34)35)19-23-9-11-24(12-10-23)38-16-15-33(14-8-6-7-13-29(30,31)32)28(36)39-25-18-21(3)20(2)17-22(25)4/h9-12,17-18,26H,5-8,13-16,19H2,1-4H3,(H,34,35). The van der Waals surface area contributed by atoms with Gasteiger partial charge in [0.15, 0.2) is 6.10 Å². The number of benzene rings is 2. The maximum absolute atomic E-state index is 13.0. The number of amides is 1. The third-order valence-corrected chi connectivity index (χ3v) is 6.25. The van der Waals surface area contributed by atoms with Crippen molar-refractivity contribution in [3.05, 3.63) is 58.7 Å². The number of halogens is 3. The topological polar surface area (TPSA) is 85.3 Å². The first-order valence-corrected chi connectivity index (χ1v) is 13.1. The van der Waals surface area contributed by atoms with Gasteiger partial charge in [-0.05, 0) is 81.0 Å². The number of alkyl halides is 3. The van der Waals surface area contributed by atoms with E-state index in [1.54, 1.807) is 37.3 Å². The van der Waals surface area contributed by atoms with Crippen LogP contribution in [0.4, 0.5) is 18.0 Å². The molecule has 0 aliphatic carbocycles. The molecular formula is C29H38F3NO6. The fraction of sp³-hybridized carbons (Fsp3) is 0.517. The number of aliphatic carboxylic acids is 1. The Morgan fingerprint density at radius 1 is 0.949 bits per heavy atom. The van der Waals surface area contributed by atoms with Crippen LogP contribution in [0.3, 0.4) is 0 Å². The SMILES string of the molecule is CCOC(Cc1ccc(OCCN(CCCCCC(F)(F)F)C(=O)Oc2cc(C)c(C)cc2C)cc1)C(=O)O. The molecule has 0 fully saturated rings. The Kier molecular flexibility index (Phi) is 12.6. The zero-order chi connectivity index (χ0) is 29.0. The number of rotatable bonds is 15. The van der Waals surface area contributed by atoms with Crippen molar-refractivity contribution in [2.45, 2.75) is 72.1 Å². The van der Waals surface area contributed by atoms with Crippen LogP contribution in [0.2, 0.25) is 0 Å². The van der Waals surface area contributed by atoms with Gasteiger partial charge in [0.2, 0.25) is 0 Å². The molecule has 39 heavy (non-hydrogen) atoms. The van der Waals surface area contributed by atoms with Gasteiger partial charge in [-0.3, -0.25) is 0 Å². The maximum atomic E-state index is 13.0. The largest absolute Gasteiger partial charge is 0.492 e. The predicted octanol–water partition coefficient (Wildman–Crippen LogP) is 6.65. The van der Waals surface area contributed by atoms with E-state index in [4.69, 9.17) is 14.2 Å². The molecule has 2 aromatic rings. The van der Waals surface area contributed by atoms with Crippen molar-refractivity contribution in [2.75, 3.05) is 26.3 Å². The third-order valence-electron chi connectivity index (χ3n) is 6.25. The predicted molar refractivity (Wildman–Crippen MR) is 141 cm³/mol. The van der Waals surface area contributed by atoms with Crippen molar-refractivity contribution in [3.63, 3.8) is 0 Å². The van der Waals surface area contributed by atoms with E-state index in [1.807, 2.05) is 26.8 Å². The first kappa shape index (κ1) is 31.9. The number of carbonyl (C=O) groups excluding carboxylic acids is 1. The molecule has 1 N–H and O–H groups in total. The van der Waals surface area contributed by atoms with E-state index >= 15 is 0 Å². The van der Waals surface area contributed by atoms with Gasteiger partial charge in [0.25, 0.3) is 0 Å². The summed E-state index contributed by atoms with van der Waals surface area (Å²) in [5.41, 5.74) is 3.63. The number of carboxylic acids is 1. The number of carboxylic acid groups (broad SMARTS) is 1. The van der Waals surface area contributed by atoms with Crippen molar-refractivity contribution in [2.24, 2.45) is 0 Å². The fourth-order valence-electron chi connectivity index (χ4n) is 3.93. The second-order valence-electron chi connectivity index (χ2n) is 9.46. The summed E-state index contributed by atoms with van der Waals surface area (Å²) in [6.07, 6.45) is -5.63. The molecule has 0 aromatic heterocycles. The van der Waals surface area contributed by atoms with Crippen molar-refractivity contribution in [3.8, 4) is 11.5 Å². The lowest BCUT2D eigenvalue weighted by molar-refractivity contribution is -0.150. The zero-order valence-electron chi connectivity index (χ0n) is 23.0. The normalized spacial score (nSPS) is 12.2. The van der Waals surface area contributed by atoms with E-state index in [9.17, 15) is 27.9 Å². The Morgan fingerprint density at radius 2 is 1.62 bits per heavy atom. The van der Waals surface area contributed by atoms with E-state index in [2.05, 4.69) is 0 Å². The van der Waals surface area contributed by atoms with E-state index in [-0.39, 0.29) is 32.5 Å². The smallest absolute Gasteiger partial charge is 0.415 e. The number of unbranched alkanes of at least 4 members (excludes halogenated alkanes) is 2. The highest BCUT2D eigenvalue weighted by Crippen LogP contribution is 2.24. The summed E-state index contributed by atoms with van der Waals surface area (Å²) in [7, 11) is 0. The number of hydrogen-bond acceptors (Lipinski definition) is 5. The molecule has 0 aliphatic heterocycles. The molecule has 0 heterocycles. The van der Waals surface area contributed by atoms with Gasteiger partial charge in [-0.1, -0.05) is 24.6 Å². The maximum Gasteiger partial charge on any atom is 0.415 e. The van der Waals surface area contributed by atoms with Gasteiger partial charge < -0.3 is 24.2 Å². The van der Waals surface area contributed by atoms with Gasteiger partial charge in [-0.15, -0.1) is 0 Å². The van der Waals surface area contributed by atoms with Crippen LogP contribution in [0.5, 0.6) is 11.5 Å². The summed E-state index contributed by atoms with van der Waals surface area (Å²) in [5.74, 6) is -0.0579. The Labute approximate surface area is 227 Å². The molecule has 1 unspecified atom stereocenters. The van der Waals surface area contributed by atoms with E-state index in [0.717, 1.165) is 22.3 Å². The van der Waals surface area contributed by atoms with Gasteiger partial charge in [0, 0.05) is 26.0 Å². The molecule has 0 saturated heterocycles. The van der Waals surface area contributed by atoms with Crippen LogP contribution < -0.4 is 9.47 Å². The van der Waals surface area contributed by atoms with Crippen LogP contribution in [0, 0.1) is 20.8 Å². The first-order valence-electron chi connectivity index (χ1n) is 13.1. The molecule has 0 saturated carbocycles. The molecule has 0 bridgehead atoms. The monoisotopic (exact) mass is 553 g/mol. The molecule has 0 spiro atoms. The van der Waals surface area contributed by atoms with Crippen molar-refractivity contribution < 1.29 is 42.1 Å². The van der Waals surface area contributed by atoms with Crippen LogP contribution in [-0.4, -0.2) is 60.7 Å². The summed E-state index contributed by atoms with van der Waals surface area (Å²) >= 11 is 0. The number of aryl methyl sites for hydroxylation is 3. The second kappa shape index (κ2) is 15.4. The molecule has 1 amide bonds. The molecule has 10 heteroatoms. The van der Waals surface area contributed by atoms with Crippen molar-refractivity contribution in [1.82, 2.24) is 4.90 Å². The summed E-state index contributed by atoms with van der Waals surface area (Å²) in [6.45, 7) is 8.30. The highest BCUT2D eigenvalue weighted by molar-refractivity contribution is 5.73. The number of ether oxygens (including phenoxy) is 3. The van der Waals surface area contributed by atoms with Crippen LogP contribution in [-0.2, 0) is 16.0 Å². The van der Waals surface area contributed by atoms with Crippen LogP contribution >= 0.6 is 0 Å². The van der Waals surface area contributed by atoms with Gasteiger partial charge in [0.05, 0.1) is 6.54 Å². The van der Waals surface area contributed by atoms with E-state index in [0.29, 0.717) is 30.9 Å². The van der Waals surface area contributed by atoms with Crippen LogP contribution in [0.1, 0.15) is 54.9 Å². The number of hydrogen-bond donors (Lipinski definition) is 1. The molecule has 216 valence electrons. The first-order chi connectivity index (χ1) is 18.4. The van der Waals surface area contributed by atoms with Gasteiger partial charge in [-0.2, -0.15) is 13.2 Å². The van der Waals surface area contributed by atoms with Gasteiger partial charge in [0.1, 0.15) is 18.1 Å². The molecular weight excluding hydrogens is 515 g/mol. The molecule has 0 radical (unpaired) electrons. The Morgan fingerprint density at radius 3 is 2.23 bits per heavy atom. The molecule has 2 aromatic carbocycles.